The van der Waals surface area contributed by atoms with Crippen molar-refractivity contribution in [3.63, 3.8) is 0 Å². The first-order chi connectivity index (χ1) is 14.1. The molecular weight excluding hydrogens is 367 g/mol. The molecule has 2 heterocycles. The number of nitrogens with one attached hydrogen (secondary N) is 1. The van der Waals surface area contributed by atoms with Crippen molar-refractivity contribution in [1.82, 2.24) is 14.9 Å². The Morgan fingerprint density at radius 3 is 2.86 bits per heavy atom. The first kappa shape index (κ1) is 19.1. The average molecular weight is 390 g/mol. The second kappa shape index (κ2) is 8.39. The summed E-state index contributed by atoms with van der Waals surface area (Å²) < 4.78 is 13.4. The highest BCUT2D eigenvalue weighted by atomic mass is 19.1. The summed E-state index contributed by atoms with van der Waals surface area (Å²) in [6.45, 7) is 3.37. The Bertz CT molecular complexity index is 1020. The van der Waals surface area contributed by atoms with Gasteiger partial charge in [0, 0.05) is 36.5 Å². The number of hydrogen-bond acceptors (Lipinski definition) is 4. The Hall–Kier alpha value is -3.28. The molecule has 1 saturated heterocycles. The Balaban J connectivity index is 1.49. The van der Waals surface area contributed by atoms with Gasteiger partial charge in [0.1, 0.15) is 5.82 Å². The fourth-order valence-corrected chi connectivity index (χ4v) is 3.72. The fraction of sp³-hybridized carbons (Fsp3) is 0.261. The number of nitrogens with zero attached hydrogens (tertiary/aromatic N) is 3. The maximum absolute atomic E-state index is 13.4. The first-order valence-corrected chi connectivity index (χ1v) is 9.80. The van der Waals surface area contributed by atoms with Gasteiger partial charge in [-0.25, -0.2) is 14.4 Å². The molecule has 0 spiro atoms. The molecule has 0 radical (unpaired) electrons. The number of carbonyl (C=O) groups is 1. The number of likely N-dealkylation sites (tertiary alicyclic amines) is 1. The second-order valence-electron chi connectivity index (χ2n) is 7.40. The minimum atomic E-state index is -0.316. The van der Waals surface area contributed by atoms with Gasteiger partial charge in [-0.1, -0.05) is 23.8 Å². The van der Waals surface area contributed by atoms with Crippen molar-refractivity contribution in [3.8, 4) is 0 Å². The van der Waals surface area contributed by atoms with E-state index in [9.17, 15) is 9.18 Å². The molecule has 4 rings (SSSR count). The van der Waals surface area contributed by atoms with Crippen molar-refractivity contribution in [1.29, 1.82) is 0 Å². The zero-order valence-electron chi connectivity index (χ0n) is 16.3. The van der Waals surface area contributed by atoms with Gasteiger partial charge >= 0.3 is 0 Å². The predicted octanol–water partition coefficient (Wildman–Crippen LogP) is 4.69. The third-order valence-corrected chi connectivity index (χ3v) is 5.15. The number of rotatable bonds is 4. The van der Waals surface area contributed by atoms with E-state index in [2.05, 4.69) is 15.3 Å². The SMILES string of the molecule is Cc1cccc(C(=O)N2CCC[C@H](c3ccnc(Nc4cccc(F)c4)n3)C2)c1. The lowest BCUT2D eigenvalue weighted by atomic mass is 9.94. The molecule has 1 aromatic heterocycles. The molecule has 1 N–H and O–H groups in total. The van der Waals surface area contributed by atoms with Gasteiger partial charge in [0.05, 0.1) is 5.69 Å². The highest BCUT2D eigenvalue weighted by molar-refractivity contribution is 5.94. The minimum Gasteiger partial charge on any atom is -0.338 e. The van der Waals surface area contributed by atoms with E-state index in [1.165, 1.54) is 12.1 Å². The first-order valence-electron chi connectivity index (χ1n) is 9.80. The van der Waals surface area contributed by atoms with Crippen LogP contribution in [0.3, 0.4) is 0 Å². The molecule has 5 nitrogen and oxygen atoms in total. The number of amides is 1. The third-order valence-electron chi connectivity index (χ3n) is 5.15. The monoisotopic (exact) mass is 390 g/mol. The van der Waals surface area contributed by atoms with Crippen molar-refractivity contribution in [3.05, 3.63) is 83.4 Å². The van der Waals surface area contributed by atoms with E-state index < -0.39 is 0 Å². The van der Waals surface area contributed by atoms with Crippen LogP contribution in [0.15, 0.2) is 60.8 Å². The molecule has 1 aliphatic rings. The number of piperidine rings is 1. The smallest absolute Gasteiger partial charge is 0.253 e. The summed E-state index contributed by atoms with van der Waals surface area (Å²) in [6.07, 6.45) is 3.60. The molecule has 148 valence electrons. The predicted molar refractivity (Wildman–Crippen MR) is 111 cm³/mol. The molecule has 2 aromatic carbocycles. The van der Waals surface area contributed by atoms with Crippen molar-refractivity contribution in [2.24, 2.45) is 0 Å². The topological polar surface area (TPSA) is 58.1 Å². The number of anilines is 2. The van der Waals surface area contributed by atoms with Gasteiger partial charge in [-0.15, -0.1) is 0 Å². The van der Waals surface area contributed by atoms with E-state index in [1.807, 2.05) is 42.2 Å². The molecule has 1 aliphatic heterocycles. The van der Waals surface area contributed by atoms with Crippen LogP contribution in [-0.4, -0.2) is 33.9 Å². The van der Waals surface area contributed by atoms with E-state index in [1.54, 1.807) is 18.3 Å². The van der Waals surface area contributed by atoms with Crippen LogP contribution in [0, 0.1) is 12.7 Å². The van der Waals surface area contributed by atoms with Crippen molar-refractivity contribution in [2.75, 3.05) is 18.4 Å². The number of benzene rings is 2. The fourth-order valence-electron chi connectivity index (χ4n) is 3.72. The van der Waals surface area contributed by atoms with Gasteiger partial charge in [0.25, 0.3) is 5.91 Å². The standard InChI is InChI=1S/C23H23FN4O/c1-16-5-2-6-17(13-16)22(29)28-12-4-7-18(15-28)21-10-11-25-23(27-21)26-20-9-3-8-19(24)14-20/h2-3,5-6,8-11,13-14,18H,4,7,12,15H2,1H3,(H,25,26,27)/t18-/m0/s1. The van der Waals surface area contributed by atoms with Crippen LogP contribution in [0.2, 0.25) is 0 Å². The summed E-state index contributed by atoms with van der Waals surface area (Å²) in [5.74, 6) is 0.318. The summed E-state index contributed by atoms with van der Waals surface area (Å²) in [6, 6.07) is 15.8. The highest BCUT2D eigenvalue weighted by Gasteiger charge is 2.26. The number of aromatic nitrogens is 2. The number of aryl methyl sites for hydroxylation is 1. The molecule has 0 bridgehead atoms. The van der Waals surface area contributed by atoms with Crippen molar-refractivity contribution < 1.29 is 9.18 Å². The molecule has 3 aromatic rings. The lowest BCUT2D eigenvalue weighted by Gasteiger charge is -2.32. The number of halogens is 1. The zero-order chi connectivity index (χ0) is 20.2. The van der Waals surface area contributed by atoms with Crippen LogP contribution in [0.25, 0.3) is 0 Å². The van der Waals surface area contributed by atoms with Gasteiger partial charge in [-0.2, -0.15) is 0 Å². The maximum atomic E-state index is 13.4. The van der Waals surface area contributed by atoms with Crippen LogP contribution in [0.1, 0.15) is 40.4 Å². The minimum absolute atomic E-state index is 0.0607. The van der Waals surface area contributed by atoms with Crippen molar-refractivity contribution in [2.45, 2.75) is 25.7 Å². The zero-order valence-corrected chi connectivity index (χ0v) is 16.3. The van der Waals surface area contributed by atoms with Gasteiger partial charge < -0.3 is 10.2 Å². The van der Waals surface area contributed by atoms with E-state index in [0.29, 0.717) is 18.2 Å². The second-order valence-corrected chi connectivity index (χ2v) is 7.40. The Kier molecular flexibility index (Phi) is 5.51. The molecule has 1 amide bonds. The third kappa shape index (κ3) is 4.59. The molecule has 0 saturated carbocycles. The Labute approximate surface area is 169 Å². The van der Waals surface area contributed by atoms with Gasteiger partial charge in [-0.3, -0.25) is 4.79 Å². The highest BCUT2D eigenvalue weighted by Crippen LogP contribution is 2.27. The summed E-state index contributed by atoms with van der Waals surface area (Å²) >= 11 is 0. The van der Waals surface area contributed by atoms with Crippen LogP contribution in [0.5, 0.6) is 0 Å². The summed E-state index contributed by atoms with van der Waals surface area (Å²) in [5.41, 5.74) is 3.29. The maximum Gasteiger partial charge on any atom is 0.253 e. The van der Waals surface area contributed by atoms with Gasteiger partial charge in [0.2, 0.25) is 5.95 Å². The van der Waals surface area contributed by atoms with Crippen LogP contribution in [-0.2, 0) is 0 Å². The van der Waals surface area contributed by atoms with E-state index in [4.69, 9.17) is 0 Å². The average Bonchev–Trinajstić information content (AvgIpc) is 2.73. The van der Waals surface area contributed by atoms with E-state index in [0.717, 1.165) is 36.2 Å². The molecule has 1 atom stereocenters. The Morgan fingerprint density at radius 2 is 2.03 bits per heavy atom. The lowest BCUT2D eigenvalue weighted by Crippen LogP contribution is -2.39. The van der Waals surface area contributed by atoms with E-state index >= 15 is 0 Å². The van der Waals surface area contributed by atoms with Crippen LogP contribution in [0.4, 0.5) is 16.0 Å². The van der Waals surface area contributed by atoms with Crippen LogP contribution < -0.4 is 5.32 Å². The molecular formula is C23H23FN4O. The Morgan fingerprint density at radius 1 is 1.17 bits per heavy atom. The van der Waals surface area contributed by atoms with Gasteiger partial charge in [-0.05, 0) is 56.2 Å². The van der Waals surface area contributed by atoms with Crippen LogP contribution >= 0.6 is 0 Å². The summed E-state index contributed by atoms with van der Waals surface area (Å²) in [7, 11) is 0. The van der Waals surface area contributed by atoms with E-state index in [-0.39, 0.29) is 17.6 Å². The molecule has 0 unspecified atom stereocenters. The summed E-state index contributed by atoms with van der Waals surface area (Å²) in [5, 5.41) is 3.05. The lowest BCUT2D eigenvalue weighted by molar-refractivity contribution is 0.0706. The molecule has 6 heteroatoms. The largest absolute Gasteiger partial charge is 0.338 e. The number of carbonyl (C=O) groups excluding carboxylic acids is 1. The number of hydrogen-bond donors (Lipinski definition) is 1. The summed E-state index contributed by atoms with van der Waals surface area (Å²) in [4.78, 5) is 23.7. The quantitative estimate of drug-likeness (QED) is 0.702. The normalized spacial score (nSPS) is 16.5. The molecule has 1 fully saturated rings. The van der Waals surface area contributed by atoms with Crippen molar-refractivity contribution >= 4 is 17.5 Å². The molecule has 29 heavy (non-hydrogen) atoms. The van der Waals surface area contributed by atoms with Gasteiger partial charge in [0.15, 0.2) is 0 Å². The molecule has 0 aliphatic carbocycles.